The normalized spacial score (nSPS) is 27.7. The fraction of sp³-hybridized carbons (Fsp3) is 0.714. The molecule has 0 aliphatic carbocycles. The van der Waals surface area contributed by atoms with E-state index < -0.39 is 0 Å². The summed E-state index contributed by atoms with van der Waals surface area (Å²) in [6.45, 7) is 5.05. The Balaban J connectivity index is 1.68. The molecule has 3 heterocycles. The van der Waals surface area contributed by atoms with E-state index in [1.165, 1.54) is 0 Å². The number of aryl methyl sites for hydroxylation is 1. The quantitative estimate of drug-likeness (QED) is 0.810. The van der Waals surface area contributed by atoms with Crippen molar-refractivity contribution >= 4 is 5.91 Å². The van der Waals surface area contributed by atoms with Gasteiger partial charge < -0.3 is 14.2 Å². The molecule has 5 heteroatoms. The molecule has 104 valence electrons. The van der Waals surface area contributed by atoms with Crippen LogP contribution < -0.4 is 0 Å². The van der Waals surface area contributed by atoms with Gasteiger partial charge in [-0.2, -0.15) is 0 Å². The summed E-state index contributed by atoms with van der Waals surface area (Å²) in [6, 6.07) is 0.377. The number of hydrogen-bond donors (Lipinski definition) is 0. The summed E-state index contributed by atoms with van der Waals surface area (Å²) in [5.74, 6) is 1.39. The van der Waals surface area contributed by atoms with Gasteiger partial charge in [0.1, 0.15) is 5.82 Å². The number of carbonyl (C=O) groups is 1. The summed E-state index contributed by atoms with van der Waals surface area (Å²) < 4.78 is 7.52. The van der Waals surface area contributed by atoms with E-state index in [4.69, 9.17) is 4.74 Å². The van der Waals surface area contributed by atoms with Crippen LogP contribution in [0.4, 0.5) is 0 Å². The van der Waals surface area contributed by atoms with E-state index in [9.17, 15) is 4.79 Å². The number of imidazole rings is 1. The molecule has 1 aromatic heterocycles. The van der Waals surface area contributed by atoms with Crippen molar-refractivity contribution in [1.82, 2.24) is 14.5 Å². The highest BCUT2D eigenvalue weighted by Crippen LogP contribution is 2.25. The van der Waals surface area contributed by atoms with Gasteiger partial charge in [-0.1, -0.05) is 0 Å². The van der Waals surface area contributed by atoms with Crippen molar-refractivity contribution in [3.8, 4) is 0 Å². The van der Waals surface area contributed by atoms with Gasteiger partial charge >= 0.3 is 0 Å². The molecule has 2 atom stereocenters. The molecule has 2 aliphatic rings. The maximum absolute atomic E-state index is 12.4. The molecule has 1 amide bonds. The molecule has 2 saturated heterocycles. The number of carbonyl (C=O) groups excluding carboxylic acids is 1. The Morgan fingerprint density at radius 1 is 1.47 bits per heavy atom. The monoisotopic (exact) mass is 263 g/mol. The molecule has 0 N–H and O–H groups in total. The molecule has 2 fully saturated rings. The van der Waals surface area contributed by atoms with Gasteiger partial charge in [0.2, 0.25) is 5.91 Å². The zero-order valence-corrected chi connectivity index (χ0v) is 11.4. The van der Waals surface area contributed by atoms with E-state index in [-0.39, 0.29) is 11.8 Å². The second-order valence-electron chi connectivity index (χ2n) is 5.52. The van der Waals surface area contributed by atoms with Crippen molar-refractivity contribution in [3.63, 3.8) is 0 Å². The van der Waals surface area contributed by atoms with E-state index in [1.807, 2.05) is 24.2 Å². The third-order valence-electron chi connectivity index (χ3n) is 4.24. The summed E-state index contributed by atoms with van der Waals surface area (Å²) in [5, 5.41) is 0. The zero-order valence-electron chi connectivity index (χ0n) is 11.4. The summed E-state index contributed by atoms with van der Waals surface area (Å²) >= 11 is 0. The standard InChI is InChI=1S/C14H21N3O2/c1-11-15-5-7-17(11)13-3-2-6-16(9-13)14(18)12-4-8-19-10-12/h5,7,12-13H,2-4,6,8-10H2,1H3/t12-,13-/m0/s1. The van der Waals surface area contributed by atoms with Crippen LogP contribution in [0.15, 0.2) is 12.4 Å². The van der Waals surface area contributed by atoms with Crippen LogP contribution in [0, 0.1) is 12.8 Å². The number of piperidine rings is 1. The average Bonchev–Trinajstić information content (AvgIpc) is 3.09. The Bertz CT molecular complexity index is 451. The van der Waals surface area contributed by atoms with Gasteiger partial charge in [0.05, 0.1) is 18.6 Å². The van der Waals surface area contributed by atoms with Crippen LogP contribution in [0.5, 0.6) is 0 Å². The van der Waals surface area contributed by atoms with Crippen molar-refractivity contribution in [2.24, 2.45) is 5.92 Å². The fourth-order valence-corrected chi connectivity index (χ4v) is 3.14. The number of amides is 1. The van der Waals surface area contributed by atoms with Crippen molar-refractivity contribution < 1.29 is 9.53 Å². The number of ether oxygens (including phenoxy) is 1. The first-order valence-electron chi connectivity index (χ1n) is 7.11. The minimum absolute atomic E-state index is 0.0858. The first-order valence-corrected chi connectivity index (χ1v) is 7.11. The van der Waals surface area contributed by atoms with Crippen molar-refractivity contribution in [3.05, 3.63) is 18.2 Å². The zero-order chi connectivity index (χ0) is 13.2. The summed E-state index contributed by atoms with van der Waals surface area (Å²) in [5.41, 5.74) is 0. The largest absolute Gasteiger partial charge is 0.381 e. The molecule has 0 aromatic carbocycles. The van der Waals surface area contributed by atoms with Crippen LogP contribution >= 0.6 is 0 Å². The van der Waals surface area contributed by atoms with E-state index in [1.54, 1.807) is 0 Å². The van der Waals surface area contributed by atoms with Gasteiger partial charge in [0.25, 0.3) is 0 Å². The highest BCUT2D eigenvalue weighted by Gasteiger charge is 2.31. The van der Waals surface area contributed by atoms with E-state index in [2.05, 4.69) is 9.55 Å². The predicted octanol–water partition coefficient (Wildman–Crippen LogP) is 1.39. The SMILES string of the molecule is Cc1nccn1[C@H]1CCCN(C(=O)[C@H]2CCOC2)C1. The lowest BCUT2D eigenvalue weighted by molar-refractivity contribution is -0.137. The molecule has 0 unspecified atom stereocenters. The highest BCUT2D eigenvalue weighted by molar-refractivity contribution is 5.79. The molecule has 0 spiro atoms. The van der Waals surface area contributed by atoms with Crippen LogP contribution in [0.1, 0.15) is 31.1 Å². The first-order chi connectivity index (χ1) is 9.25. The van der Waals surface area contributed by atoms with Gasteiger partial charge in [0, 0.05) is 32.1 Å². The molecule has 0 saturated carbocycles. The average molecular weight is 263 g/mol. The van der Waals surface area contributed by atoms with E-state index >= 15 is 0 Å². The van der Waals surface area contributed by atoms with Crippen LogP contribution in [-0.4, -0.2) is 46.7 Å². The predicted molar refractivity (Wildman–Crippen MR) is 70.7 cm³/mol. The molecule has 19 heavy (non-hydrogen) atoms. The van der Waals surface area contributed by atoms with Crippen LogP contribution in [-0.2, 0) is 9.53 Å². The maximum Gasteiger partial charge on any atom is 0.228 e. The fourth-order valence-electron chi connectivity index (χ4n) is 3.14. The lowest BCUT2D eigenvalue weighted by atomic mass is 10.0. The molecule has 5 nitrogen and oxygen atoms in total. The Kier molecular flexibility index (Phi) is 3.55. The third-order valence-corrected chi connectivity index (χ3v) is 4.24. The smallest absolute Gasteiger partial charge is 0.228 e. The minimum atomic E-state index is 0.0858. The van der Waals surface area contributed by atoms with Gasteiger partial charge in [-0.15, -0.1) is 0 Å². The van der Waals surface area contributed by atoms with Gasteiger partial charge in [-0.25, -0.2) is 4.98 Å². The minimum Gasteiger partial charge on any atom is -0.381 e. The molecule has 0 bridgehead atoms. The Morgan fingerprint density at radius 3 is 3.05 bits per heavy atom. The first kappa shape index (κ1) is 12.7. The van der Waals surface area contributed by atoms with Crippen LogP contribution in [0.25, 0.3) is 0 Å². The topological polar surface area (TPSA) is 47.4 Å². The Labute approximate surface area is 113 Å². The van der Waals surface area contributed by atoms with Crippen LogP contribution in [0.2, 0.25) is 0 Å². The van der Waals surface area contributed by atoms with Crippen molar-refractivity contribution in [2.75, 3.05) is 26.3 Å². The molecule has 2 aliphatic heterocycles. The lowest BCUT2D eigenvalue weighted by Crippen LogP contribution is -2.43. The molecule has 3 rings (SSSR count). The third kappa shape index (κ3) is 2.52. The Hall–Kier alpha value is -1.36. The van der Waals surface area contributed by atoms with Gasteiger partial charge in [-0.05, 0) is 26.2 Å². The number of rotatable bonds is 2. The molecule has 0 radical (unpaired) electrons. The maximum atomic E-state index is 12.4. The van der Waals surface area contributed by atoms with Gasteiger partial charge in [0.15, 0.2) is 0 Å². The van der Waals surface area contributed by atoms with Crippen molar-refractivity contribution in [2.45, 2.75) is 32.2 Å². The number of likely N-dealkylation sites (tertiary alicyclic amines) is 1. The summed E-state index contributed by atoms with van der Waals surface area (Å²) in [6.07, 6.45) is 6.93. The number of aromatic nitrogens is 2. The Morgan fingerprint density at radius 2 is 2.37 bits per heavy atom. The van der Waals surface area contributed by atoms with E-state index in [0.29, 0.717) is 12.6 Å². The summed E-state index contributed by atoms with van der Waals surface area (Å²) in [7, 11) is 0. The molecular weight excluding hydrogens is 242 g/mol. The van der Waals surface area contributed by atoms with Crippen LogP contribution in [0.3, 0.4) is 0 Å². The van der Waals surface area contributed by atoms with Gasteiger partial charge in [-0.3, -0.25) is 4.79 Å². The summed E-state index contributed by atoms with van der Waals surface area (Å²) in [4.78, 5) is 18.7. The second kappa shape index (κ2) is 5.33. The number of nitrogens with zero attached hydrogens (tertiary/aromatic N) is 3. The highest BCUT2D eigenvalue weighted by atomic mass is 16.5. The van der Waals surface area contributed by atoms with E-state index in [0.717, 1.165) is 44.8 Å². The van der Waals surface area contributed by atoms with Crippen molar-refractivity contribution in [1.29, 1.82) is 0 Å². The lowest BCUT2D eigenvalue weighted by Gasteiger charge is -2.35. The molecule has 1 aromatic rings. The molecular formula is C14H21N3O2. The second-order valence-corrected chi connectivity index (χ2v) is 5.52. The number of hydrogen-bond acceptors (Lipinski definition) is 3.